The van der Waals surface area contributed by atoms with E-state index < -0.39 is 0 Å². The van der Waals surface area contributed by atoms with Gasteiger partial charge in [0.05, 0.1) is 6.04 Å². The van der Waals surface area contributed by atoms with E-state index in [4.69, 9.17) is 15.0 Å². The van der Waals surface area contributed by atoms with E-state index in [1.807, 2.05) is 13.8 Å². The molecule has 0 fully saturated rings. The van der Waals surface area contributed by atoms with Crippen LogP contribution in [-0.4, -0.2) is 16.7 Å². The second-order valence-corrected chi connectivity index (χ2v) is 4.32. The van der Waals surface area contributed by atoms with Crippen molar-refractivity contribution in [2.75, 3.05) is 6.61 Å². The second kappa shape index (κ2) is 5.96. The molecule has 0 amide bonds. The van der Waals surface area contributed by atoms with Crippen molar-refractivity contribution in [3.63, 3.8) is 0 Å². The number of nitrogens with two attached hydrogens (primary N) is 1. The Morgan fingerprint density at radius 2 is 2.06 bits per heavy atom. The highest BCUT2D eigenvalue weighted by Gasteiger charge is 2.18. The molecule has 0 bridgehead atoms. The average Bonchev–Trinajstić information content (AvgIpc) is 2.65. The van der Waals surface area contributed by atoms with Gasteiger partial charge in [0, 0.05) is 6.61 Å². The molecule has 16 heavy (non-hydrogen) atoms. The first kappa shape index (κ1) is 13.1. The number of hydrogen-bond acceptors (Lipinski definition) is 5. The highest BCUT2D eigenvalue weighted by molar-refractivity contribution is 4.94. The normalized spacial score (nSPS) is 15.4. The molecule has 0 aliphatic heterocycles. The first-order valence-electron chi connectivity index (χ1n) is 5.75. The summed E-state index contributed by atoms with van der Waals surface area (Å²) in [6.07, 6.45) is 0.693. The monoisotopic (exact) mass is 227 g/mol. The molecule has 2 atom stereocenters. The summed E-state index contributed by atoms with van der Waals surface area (Å²) in [4.78, 5) is 4.25. The van der Waals surface area contributed by atoms with E-state index in [-0.39, 0.29) is 12.1 Å². The Kier molecular flexibility index (Phi) is 4.89. The first-order chi connectivity index (χ1) is 7.54. The van der Waals surface area contributed by atoms with E-state index in [1.165, 1.54) is 0 Å². The molecule has 0 aliphatic rings. The van der Waals surface area contributed by atoms with Gasteiger partial charge in [0.15, 0.2) is 5.82 Å². The number of ether oxygens (including phenoxy) is 1. The molecular weight excluding hydrogens is 206 g/mol. The van der Waals surface area contributed by atoms with Gasteiger partial charge in [-0.2, -0.15) is 4.98 Å². The Morgan fingerprint density at radius 3 is 2.62 bits per heavy atom. The molecule has 0 spiro atoms. The molecule has 0 saturated heterocycles. The van der Waals surface area contributed by atoms with E-state index in [0.29, 0.717) is 24.2 Å². The molecule has 1 aromatic heterocycles. The maximum Gasteiger partial charge on any atom is 0.243 e. The molecular formula is C11H21N3O2. The van der Waals surface area contributed by atoms with Crippen LogP contribution < -0.4 is 5.73 Å². The van der Waals surface area contributed by atoms with Crippen LogP contribution in [0.4, 0.5) is 0 Å². The molecule has 1 heterocycles. The number of nitrogens with zero attached hydrogens (tertiary/aromatic N) is 2. The van der Waals surface area contributed by atoms with Gasteiger partial charge >= 0.3 is 0 Å². The van der Waals surface area contributed by atoms with Crippen LogP contribution in [0.1, 0.15) is 58.0 Å². The van der Waals surface area contributed by atoms with E-state index >= 15 is 0 Å². The van der Waals surface area contributed by atoms with Gasteiger partial charge in [-0.05, 0) is 26.2 Å². The third-order valence-corrected chi connectivity index (χ3v) is 2.28. The third kappa shape index (κ3) is 3.57. The van der Waals surface area contributed by atoms with Gasteiger partial charge in [-0.15, -0.1) is 0 Å². The lowest BCUT2D eigenvalue weighted by Gasteiger charge is -2.09. The van der Waals surface area contributed by atoms with Crippen molar-refractivity contribution in [3.8, 4) is 0 Å². The fraction of sp³-hybridized carbons (Fsp3) is 0.818. The summed E-state index contributed by atoms with van der Waals surface area (Å²) in [5.74, 6) is 1.57. The smallest absolute Gasteiger partial charge is 0.243 e. The summed E-state index contributed by atoms with van der Waals surface area (Å²) in [5.41, 5.74) is 5.95. The number of aromatic nitrogens is 2. The van der Waals surface area contributed by atoms with Gasteiger partial charge in [0.1, 0.15) is 6.10 Å². The minimum absolute atomic E-state index is 0.145. The fourth-order valence-electron chi connectivity index (χ4n) is 1.50. The predicted molar refractivity (Wildman–Crippen MR) is 60.7 cm³/mol. The first-order valence-corrected chi connectivity index (χ1v) is 5.75. The molecule has 92 valence electrons. The predicted octanol–water partition coefficient (Wildman–Crippen LogP) is 2.21. The molecule has 2 unspecified atom stereocenters. The van der Waals surface area contributed by atoms with E-state index in [9.17, 15) is 0 Å². The Morgan fingerprint density at radius 1 is 1.38 bits per heavy atom. The Labute approximate surface area is 96.4 Å². The van der Waals surface area contributed by atoms with Gasteiger partial charge in [0.25, 0.3) is 0 Å². The summed E-state index contributed by atoms with van der Waals surface area (Å²) in [7, 11) is 0. The fourth-order valence-corrected chi connectivity index (χ4v) is 1.50. The highest BCUT2D eigenvalue weighted by atomic mass is 16.5. The van der Waals surface area contributed by atoms with Crippen LogP contribution in [0.2, 0.25) is 0 Å². The zero-order valence-electron chi connectivity index (χ0n) is 10.4. The third-order valence-electron chi connectivity index (χ3n) is 2.28. The molecule has 0 saturated carbocycles. The zero-order chi connectivity index (χ0) is 12.1. The van der Waals surface area contributed by atoms with E-state index in [1.54, 1.807) is 0 Å². The lowest BCUT2D eigenvalue weighted by molar-refractivity contribution is 0.0683. The van der Waals surface area contributed by atoms with Crippen molar-refractivity contribution in [3.05, 3.63) is 11.7 Å². The Bertz CT molecular complexity index is 312. The molecule has 5 nitrogen and oxygen atoms in total. The number of hydrogen-bond donors (Lipinski definition) is 1. The minimum atomic E-state index is -0.185. The quantitative estimate of drug-likeness (QED) is 0.806. The standard InChI is InChI=1S/C11H21N3O2/c1-5-15-8(4)10-13-11(16-14-10)9(12)6-7(2)3/h7-9H,5-6,12H2,1-4H3. The van der Waals surface area contributed by atoms with Crippen LogP contribution in [0.15, 0.2) is 4.52 Å². The Hall–Kier alpha value is -0.940. The van der Waals surface area contributed by atoms with Crippen LogP contribution in [0.25, 0.3) is 0 Å². The average molecular weight is 227 g/mol. The van der Waals surface area contributed by atoms with Crippen molar-refractivity contribution in [1.29, 1.82) is 0 Å². The summed E-state index contributed by atoms with van der Waals surface area (Å²) in [6.45, 7) is 8.68. The maximum absolute atomic E-state index is 5.95. The van der Waals surface area contributed by atoms with Crippen molar-refractivity contribution >= 4 is 0 Å². The highest BCUT2D eigenvalue weighted by Crippen LogP contribution is 2.19. The molecule has 1 rings (SSSR count). The lowest BCUT2D eigenvalue weighted by Crippen LogP contribution is -2.13. The van der Waals surface area contributed by atoms with Crippen LogP contribution in [-0.2, 0) is 4.74 Å². The van der Waals surface area contributed by atoms with Crippen molar-refractivity contribution in [2.45, 2.75) is 46.3 Å². The number of rotatable bonds is 6. The Balaban J connectivity index is 2.63. The largest absolute Gasteiger partial charge is 0.371 e. The molecule has 5 heteroatoms. The molecule has 2 N–H and O–H groups in total. The molecule has 0 aliphatic carbocycles. The van der Waals surface area contributed by atoms with Crippen LogP contribution >= 0.6 is 0 Å². The van der Waals surface area contributed by atoms with Gasteiger partial charge in [-0.25, -0.2) is 0 Å². The topological polar surface area (TPSA) is 74.2 Å². The van der Waals surface area contributed by atoms with Crippen molar-refractivity contribution in [2.24, 2.45) is 11.7 Å². The SMILES string of the molecule is CCOC(C)c1noc(C(N)CC(C)C)n1. The van der Waals surface area contributed by atoms with Gasteiger partial charge in [-0.1, -0.05) is 19.0 Å². The summed E-state index contributed by atoms with van der Waals surface area (Å²) < 4.78 is 10.5. The summed E-state index contributed by atoms with van der Waals surface area (Å²) in [5, 5.41) is 3.87. The zero-order valence-corrected chi connectivity index (χ0v) is 10.4. The van der Waals surface area contributed by atoms with Crippen LogP contribution in [0.5, 0.6) is 0 Å². The van der Waals surface area contributed by atoms with Crippen molar-refractivity contribution < 1.29 is 9.26 Å². The van der Waals surface area contributed by atoms with Crippen LogP contribution in [0.3, 0.4) is 0 Å². The second-order valence-electron chi connectivity index (χ2n) is 4.32. The molecule has 1 aromatic rings. The van der Waals surface area contributed by atoms with E-state index in [2.05, 4.69) is 24.0 Å². The summed E-state index contributed by atoms with van der Waals surface area (Å²) >= 11 is 0. The van der Waals surface area contributed by atoms with Gasteiger partial charge in [-0.3, -0.25) is 0 Å². The molecule has 0 radical (unpaired) electrons. The van der Waals surface area contributed by atoms with Crippen LogP contribution in [0, 0.1) is 5.92 Å². The van der Waals surface area contributed by atoms with Gasteiger partial charge in [0.2, 0.25) is 5.89 Å². The van der Waals surface area contributed by atoms with Gasteiger partial charge < -0.3 is 15.0 Å². The maximum atomic E-state index is 5.95. The summed E-state index contributed by atoms with van der Waals surface area (Å²) in [6, 6.07) is -0.185. The lowest BCUT2D eigenvalue weighted by atomic mass is 10.0. The van der Waals surface area contributed by atoms with E-state index in [0.717, 1.165) is 6.42 Å². The minimum Gasteiger partial charge on any atom is -0.371 e. The molecule has 0 aromatic carbocycles. The van der Waals surface area contributed by atoms with Crippen molar-refractivity contribution in [1.82, 2.24) is 10.1 Å².